The molecule has 0 aliphatic rings. The van der Waals surface area contributed by atoms with E-state index < -0.39 is 0 Å². The Balaban J connectivity index is 2.43. The molecule has 0 fully saturated rings. The molecule has 0 aliphatic heterocycles. The number of nitrogens with two attached hydrogens (primary N) is 1. The lowest BCUT2D eigenvalue weighted by molar-refractivity contribution is -0.702. The predicted molar refractivity (Wildman–Crippen MR) is 60.0 cm³/mol. The number of hydrogen-bond donors (Lipinski definition) is 1. The van der Waals surface area contributed by atoms with Crippen LogP contribution in [-0.2, 0) is 11.3 Å². The number of benzene rings is 1. The summed E-state index contributed by atoms with van der Waals surface area (Å²) in [7, 11) is 3.42. The molecule has 0 heterocycles. The van der Waals surface area contributed by atoms with Gasteiger partial charge in [-0.1, -0.05) is 12.1 Å². The largest absolute Gasteiger partial charge is 0.497 e. The van der Waals surface area contributed by atoms with Gasteiger partial charge in [-0.2, -0.15) is 0 Å². The molecule has 84 valence electrons. The first-order valence-electron chi connectivity index (χ1n) is 5.21. The molecule has 2 N–H and O–H groups in total. The zero-order valence-electron chi connectivity index (χ0n) is 9.69. The van der Waals surface area contributed by atoms with Gasteiger partial charge in [0.25, 0.3) is 0 Å². The van der Waals surface area contributed by atoms with Crippen molar-refractivity contribution in [3.63, 3.8) is 0 Å². The maximum Gasteiger partial charge on any atom is 0.119 e. The summed E-state index contributed by atoms with van der Waals surface area (Å²) in [5, 5.41) is 2.26. The van der Waals surface area contributed by atoms with E-state index in [0.29, 0.717) is 6.04 Å². The van der Waals surface area contributed by atoms with Crippen molar-refractivity contribution < 1.29 is 14.8 Å². The van der Waals surface area contributed by atoms with Crippen LogP contribution in [0.15, 0.2) is 24.3 Å². The van der Waals surface area contributed by atoms with Crippen molar-refractivity contribution in [1.29, 1.82) is 0 Å². The number of quaternary nitrogens is 1. The van der Waals surface area contributed by atoms with Crippen LogP contribution in [0, 0.1) is 0 Å². The quantitative estimate of drug-likeness (QED) is 0.753. The van der Waals surface area contributed by atoms with E-state index >= 15 is 0 Å². The van der Waals surface area contributed by atoms with Gasteiger partial charge in [-0.15, -0.1) is 0 Å². The van der Waals surface area contributed by atoms with E-state index in [0.717, 1.165) is 18.9 Å². The molecule has 0 unspecified atom stereocenters. The molecule has 3 nitrogen and oxygen atoms in total. The molecule has 0 saturated heterocycles. The van der Waals surface area contributed by atoms with Gasteiger partial charge in [0.15, 0.2) is 0 Å². The van der Waals surface area contributed by atoms with Gasteiger partial charge in [0.2, 0.25) is 0 Å². The van der Waals surface area contributed by atoms with Gasteiger partial charge in [0.05, 0.1) is 13.7 Å². The van der Waals surface area contributed by atoms with Crippen molar-refractivity contribution in [3.8, 4) is 5.75 Å². The molecule has 0 spiro atoms. The fraction of sp³-hybridized carbons (Fsp3) is 0.500. The molecule has 0 aromatic heterocycles. The lowest BCUT2D eigenvalue weighted by atomic mass is 10.2. The molecule has 15 heavy (non-hydrogen) atoms. The molecular formula is C12H20NO2+. The third-order valence-electron chi connectivity index (χ3n) is 2.32. The van der Waals surface area contributed by atoms with Crippen LogP contribution >= 0.6 is 0 Å². The highest BCUT2D eigenvalue weighted by Gasteiger charge is 2.04. The summed E-state index contributed by atoms with van der Waals surface area (Å²) >= 11 is 0. The molecule has 1 atom stereocenters. The van der Waals surface area contributed by atoms with Crippen molar-refractivity contribution >= 4 is 0 Å². The van der Waals surface area contributed by atoms with Crippen LogP contribution in [0.3, 0.4) is 0 Å². The summed E-state index contributed by atoms with van der Waals surface area (Å²) in [4.78, 5) is 0. The second-order valence-corrected chi connectivity index (χ2v) is 3.72. The fourth-order valence-corrected chi connectivity index (χ4v) is 1.47. The minimum atomic E-state index is 0.487. The zero-order chi connectivity index (χ0) is 11.1. The third kappa shape index (κ3) is 4.32. The van der Waals surface area contributed by atoms with Gasteiger partial charge >= 0.3 is 0 Å². The van der Waals surface area contributed by atoms with E-state index in [1.54, 1.807) is 14.2 Å². The normalized spacial score (nSPS) is 12.5. The standard InChI is InChI=1S/C12H19NO2/c1-10(9-14-2)13-8-11-5-4-6-12(7-11)15-3/h4-7,10,13H,8-9H2,1-3H3/p+1/t10-/m0/s1. The second-order valence-electron chi connectivity index (χ2n) is 3.72. The van der Waals surface area contributed by atoms with E-state index in [-0.39, 0.29) is 0 Å². The van der Waals surface area contributed by atoms with Crippen LogP contribution in [-0.4, -0.2) is 26.9 Å². The average molecular weight is 210 g/mol. The van der Waals surface area contributed by atoms with E-state index in [1.165, 1.54) is 5.56 Å². The van der Waals surface area contributed by atoms with Crippen molar-refractivity contribution in [2.75, 3.05) is 20.8 Å². The summed E-state index contributed by atoms with van der Waals surface area (Å²) in [5.74, 6) is 0.917. The Morgan fingerprint density at radius 3 is 2.80 bits per heavy atom. The maximum atomic E-state index is 5.17. The summed E-state index contributed by atoms with van der Waals surface area (Å²) < 4.78 is 10.3. The topological polar surface area (TPSA) is 35.1 Å². The van der Waals surface area contributed by atoms with Crippen LogP contribution < -0.4 is 10.1 Å². The maximum absolute atomic E-state index is 5.17. The van der Waals surface area contributed by atoms with Gasteiger partial charge in [-0.25, -0.2) is 0 Å². The first kappa shape index (κ1) is 12.0. The minimum Gasteiger partial charge on any atom is -0.497 e. The summed E-state index contributed by atoms with van der Waals surface area (Å²) in [6.45, 7) is 3.90. The number of rotatable bonds is 6. The molecule has 0 amide bonds. The fourth-order valence-electron chi connectivity index (χ4n) is 1.47. The Kier molecular flexibility index (Phi) is 5.15. The SMILES string of the molecule is COC[C@H](C)[NH2+]Cc1cccc(OC)c1. The number of ether oxygens (including phenoxy) is 2. The minimum absolute atomic E-state index is 0.487. The molecule has 1 aromatic rings. The molecule has 0 aliphatic carbocycles. The van der Waals surface area contributed by atoms with E-state index in [2.05, 4.69) is 24.4 Å². The summed E-state index contributed by atoms with van der Waals surface area (Å²) in [5.41, 5.74) is 1.28. The average Bonchev–Trinajstić information content (AvgIpc) is 2.27. The van der Waals surface area contributed by atoms with E-state index in [9.17, 15) is 0 Å². The van der Waals surface area contributed by atoms with E-state index in [4.69, 9.17) is 9.47 Å². The van der Waals surface area contributed by atoms with Crippen LogP contribution in [0.25, 0.3) is 0 Å². The Bertz CT molecular complexity index is 289. The van der Waals surface area contributed by atoms with Crippen LogP contribution in [0.5, 0.6) is 5.75 Å². The first-order valence-corrected chi connectivity index (χ1v) is 5.21. The van der Waals surface area contributed by atoms with Crippen LogP contribution in [0.4, 0.5) is 0 Å². The molecule has 1 aromatic carbocycles. The summed E-state index contributed by atoms with van der Waals surface area (Å²) in [6, 6.07) is 8.64. The number of hydrogen-bond acceptors (Lipinski definition) is 2. The van der Waals surface area contributed by atoms with Gasteiger partial charge in [-0.3, -0.25) is 0 Å². The lowest BCUT2D eigenvalue weighted by Gasteiger charge is -2.09. The predicted octanol–water partition coefficient (Wildman–Crippen LogP) is 0.794. The van der Waals surface area contributed by atoms with Crippen LogP contribution in [0.2, 0.25) is 0 Å². The molecular weight excluding hydrogens is 190 g/mol. The second kappa shape index (κ2) is 6.43. The van der Waals surface area contributed by atoms with Crippen molar-refractivity contribution in [1.82, 2.24) is 0 Å². The van der Waals surface area contributed by atoms with Gasteiger partial charge in [0.1, 0.15) is 18.3 Å². The Labute approximate surface area is 91.4 Å². The lowest BCUT2D eigenvalue weighted by Crippen LogP contribution is -2.88. The summed E-state index contributed by atoms with van der Waals surface area (Å²) in [6.07, 6.45) is 0. The van der Waals surface area contributed by atoms with Crippen LogP contribution in [0.1, 0.15) is 12.5 Å². The Hall–Kier alpha value is -1.06. The van der Waals surface area contributed by atoms with Gasteiger partial charge in [0, 0.05) is 12.7 Å². The van der Waals surface area contributed by atoms with Crippen molar-refractivity contribution in [2.24, 2.45) is 0 Å². The van der Waals surface area contributed by atoms with Gasteiger partial charge < -0.3 is 14.8 Å². The highest BCUT2D eigenvalue weighted by Crippen LogP contribution is 2.11. The molecule has 3 heteroatoms. The number of methoxy groups -OCH3 is 2. The molecule has 1 rings (SSSR count). The third-order valence-corrected chi connectivity index (χ3v) is 2.32. The Morgan fingerprint density at radius 2 is 2.13 bits per heavy atom. The molecule has 0 radical (unpaired) electrons. The molecule has 0 saturated carbocycles. The van der Waals surface area contributed by atoms with Crippen molar-refractivity contribution in [3.05, 3.63) is 29.8 Å². The smallest absolute Gasteiger partial charge is 0.119 e. The Morgan fingerprint density at radius 1 is 1.33 bits per heavy atom. The highest BCUT2D eigenvalue weighted by molar-refractivity contribution is 5.27. The first-order chi connectivity index (χ1) is 7.26. The zero-order valence-corrected chi connectivity index (χ0v) is 9.69. The molecule has 0 bridgehead atoms. The van der Waals surface area contributed by atoms with Gasteiger partial charge in [-0.05, 0) is 19.1 Å². The monoisotopic (exact) mass is 210 g/mol. The van der Waals surface area contributed by atoms with Crippen molar-refractivity contribution in [2.45, 2.75) is 19.5 Å². The highest BCUT2D eigenvalue weighted by atomic mass is 16.5. The van der Waals surface area contributed by atoms with E-state index in [1.807, 2.05) is 12.1 Å².